The standard InChI is InChI=1S/C15H15ClN4OS/c1-10-6-11(2)19-15(18-10)22-9-14(21)20-17-8-12-4-3-5-13(16)7-12/h3-8H,9H2,1-2H3,(H,20,21). The number of amides is 1. The van der Waals surface area contributed by atoms with E-state index in [1.807, 2.05) is 32.0 Å². The Morgan fingerprint density at radius 1 is 1.32 bits per heavy atom. The molecule has 0 aliphatic rings. The number of aromatic nitrogens is 2. The van der Waals surface area contributed by atoms with Crippen LogP contribution in [-0.2, 0) is 4.79 Å². The van der Waals surface area contributed by atoms with Crippen molar-refractivity contribution in [1.82, 2.24) is 15.4 Å². The van der Waals surface area contributed by atoms with E-state index < -0.39 is 0 Å². The van der Waals surface area contributed by atoms with E-state index in [4.69, 9.17) is 11.6 Å². The van der Waals surface area contributed by atoms with Gasteiger partial charge in [0.2, 0.25) is 0 Å². The SMILES string of the molecule is Cc1cc(C)nc(SCC(=O)NN=Cc2cccc(Cl)c2)n1. The molecule has 22 heavy (non-hydrogen) atoms. The summed E-state index contributed by atoms with van der Waals surface area (Å²) in [5.41, 5.74) is 5.05. The lowest BCUT2D eigenvalue weighted by Gasteiger charge is -2.02. The average Bonchev–Trinajstić information content (AvgIpc) is 2.44. The molecule has 0 bridgehead atoms. The Balaban J connectivity index is 1.83. The van der Waals surface area contributed by atoms with Crippen LogP contribution in [-0.4, -0.2) is 27.8 Å². The highest BCUT2D eigenvalue weighted by Crippen LogP contribution is 2.13. The maximum absolute atomic E-state index is 11.7. The van der Waals surface area contributed by atoms with Gasteiger partial charge in [-0.2, -0.15) is 5.10 Å². The molecule has 0 radical (unpaired) electrons. The van der Waals surface area contributed by atoms with Crippen LogP contribution in [0.5, 0.6) is 0 Å². The second-order valence-electron chi connectivity index (χ2n) is 4.57. The molecule has 0 spiro atoms. The summed E-state index contributed by atoms with van der Waals surface area (Å²) in [7, 11) is 0. The van der Waals surface area contributed by atoms with Crippen molar-refractivity contribution in [3.05, 3.63) is 52.3 Å². The Hall–Kier alpha value is -1.92. The quantitative estimate of drug-likeness (QED) is 0.395. The van der Waals surface area contributed by atoms with Crippen molar-refractivity contribution in [1.29, 1.82) is 0 Å². The Kier molecular flexibility index (Phi) is 5.91. The molecule has 1 N–H and O–H groups in total. The monoisotopic (exact) mass is 334 g/mol. The van der Waals surface area contributed by atoms with Crippen LogP contribution in [0.15, 0.2) is 40.6 Å². The zero-order valence-corrected chi connectivity index (χ0v) is 13.8. The zero-order chi connectivity index (χ0) is 15.9. The van der Waals surface area contributed by atoms with Crippen LogP contribution >= 0.6 is 23.4 Å². The fourth-order valence-corrected chi connectivity index (χ4v) is 2.63. The van der Waals surface area contributed by atoms with Crippen LogP contribution in [0.4, 0.5) is 0 Å². The minimum atomic E-state index is -0.217. The third-order valence-electron chi connectivity index (χ3n) is 2.55. The smallest absolute Gasteiger partial charge is 0.250 e. The van der Waals surface area contributed by atoms with Gasteiger partial charge in [-0.3, -0.25) is 4.79 Å². The van der Waals surface area contributed by atoms with E-state index in [-0.39, 0.29) is 11.7 Å². The van der Waals surface area contributed by atoms with Crippen molar-refractivity contribution in [3.63, 3.8) is 0 Å². The van der Waals surface area contributed by atoms with Gasteiger partial charge in [0.1, 0.15) is 0 Å². The van der Waals surface area contributed by atoms with Crippen LogP contribution in [0, 0.1) is 13.8 Å². The second kappa shape index (κ2) is 7.91. The number of nitrogens with zero attached hydrogens (tertiary/aromatic N) is 3. The van der Waals surface area contributed by atoms with Crippen molar-refractivity contribution in [2.75, 3.05) is 5.75 Å². The molecule has 1 aromatic heterocycles. The minimum absolute atomic E-state index is 0.204. The number of rotatable bonds is 5. The number of aryl methyl sites for hydroxylation is 2. The van der Waals surface area contributed by atoms with Gasteiger partial charge in [0.25, 0.3) is 5.91 Å². The molecular weight excluding hydrogens is 320 g/mol. The molecule has 5 nitrogen and oxygen atoms in total. The van der Waals surface area contributed by atoms with Gasteiger partial charge in [0.05, 0.1) is 12.0 Å². The first-order valence-electron chi connectivity index (χ1n) is 6.55. The third-order valence-corrected chi connectivity index (χ3v) is 3.63. The highest BCUT2D eigenvalue weighted by atomic mass is 35.5. The Bertz CT molecular complexity index is 685. The Labute approximate surface area is 138 Å². The number of carbonyl (C=O) groups excluding carboxylic acids is 1. The third kappa shape index (κ3) is 5.46. The van der Waals surface area contributed by atoms with Crippen molar-refractivity contribution < 1.29 is 4.79 Å². The first-order valence-corrected chi connectivity index (χ1v) is 7.92. The van der Waals surface area contributed by atoms with Gasteiger partial charge in [0, 0.05) is 16.4 Å². The molecule has 0 fully saturated rings. The summed E-state index contributed by atoms with van der Waals surface area (Å²) in [6.07, 6.45) is 1.54. The first-order chi connectivity index (χ1) is 10.5. The summed E-state index contributed by atoms with van der Waals surface area (Å²) in [5, 5.41) is 5.10. The van der Waals surface area contributed by atoms with Gasteiger partial charge in [0.15, 0.2) is 5.16 Å². The highest BCUT2D eigenvalue weighted by Gasteiger charge is 2.05. The number of benzene rings is 1. The minimum Gasteiger partial charge on any atom is -0.272 e. The summed E-state index contributed by atoms with van der Waals surface area (Å²) in [5.74, 6) is -0.0125. The first kappa shape index (κ1) is 16.5. The summed E-state index contributed by atoms with van der Waals surface area (Å²) in [6.45, 7) is 3.79. The van der Waals surface area contributed by atoms with Gasteiger partial charge >= 0.3 is 0 Å². The predicted octanol–water partition coefficient (Wildman–Crippen LogP) is 2.99. The van der Waals surface area contributed by atoms with Crippen molar-refractivity contribution in [3.8, 4) is 0 Å². The van der Waals surface area contributed by atoms with Crippen molar-refractivity contribution in [2.45, 2.75) is 19.0 Å². The number of nitrogens with one attached hydrogen (secondary N) is 1. The summed E-state index contributed by atoms with van der Waals surface area (Å²) < 4.78 is 0. The molecule has 114 valence electrons. The topological polar surface area (TPSA) is 67.2 Å². The van der Waals surface area contributed by atoms with E-state index in [9.17, 15) is 4.79 Å². The number of carbonyl (C=O) groups is 1. The van der Waals surface area contributed by atoms with E-state index in [1.54, 1.807) is 18.3 Å². The molecule has 2 rings (SSSR count). The number of hydrazone groups is 1. The maximum Gasteiger partial charge on any atom is 0.250 e. The van der Waals surface area contributed by atoms with Gasteiger partial charge in [-0.25, -0.2) is 15.4 Å². The molecule has 7 heteroatoms. The molecular formula is C15H15ClN4OS. The fraction of sp³-hybridized carbons (Fsp3) is 0.200. The maximum atomic E-state index is 11.7. The molecule has 1 aromatic carbocycles. The molecule has 1 heterocycles. The number of thioether (sulfide) groups is 1. The van der Waals surface area contributed by atoms with Crippen LogP contribution < -0.4 is 5.43 Å². The molecule has 1 amide bonds. The van der Waals surface area contributed by atoms with E-state index in [0.717, 1.165) is 17.0 Å². The largest absolute Gasteiger partial charge is 0.272 e. The Morgan fingerprint density at radius 3 is 2.73 bits per heavy atom. The van der Waals surface area contributed by atoms with Gasteiger partial charge in [-0.1, -0.05) is 35.5 Å². The normalized spacial score (nSPS) is 10.9. The molecule has 0 aliphatic heterocycles. The number of halogens is 1. The molecule has 0 aliphatic carbocycles. The van der Waals surface area contributed by atoms with Crippen LogP contribution in [0.25, 0.3) is 0 Å². The van der Waals surface area contributed by atoms with Crippen LogP contribution in [0.2, 0.25) is 5.02 Å². The predicted molar refractivity (Wildman–Crippen MR) is 89.4 cm³/mol. The molecule has 0 atom stereocenters. The molecule has 0 unspecified atom stereocenters. The number of hydrogen-bond donors (Lipinski definition) is 1. The van der Waals surface area contributed by atoms with E-state index >= 15 is 0 Å². The summed E-state index contributed by atoms with van der Waals surface area (Å²) in [4.78, 5) is 20.2. The second-order valence-corrected chi connectivity index (χ2v) is 5.95. The van der Waals surface area contributed by atoms with E-state index in [0.29, 0.717) is 10.2 Å². The molecule has 0 saturated heterocycles. The summed E-state index contributed by atoms with van der Waals surface area (Å²) >= 11 is 7.14. The van der Waals surface area contributed by atoms with Crippen LogP contribution in [0.1, 0.15) is 17.0 Å². The molecule has 2 aromatic rings. The lowest BCUT2D eigenvalue weighted by Crippen LogP contribution is -2.19. The lowest BCUT2D eigenvalue weighted by molar-refractivity contribution is -0.118. The van der Waals surface area contributed by atoms with Crippen molar-refractivity contribution >= 4 is 35.5 Å². The zero-order valence-electron chi connectivity index (χ0n) is 12.2. The summed E-state index contributed by atoms with van der Waals surface area (Å²) in [6, 6.07) is 9.09. The van der Waals surface area contributed by atoms with Gasteiger partial charge in [-0.15, -0.1) is 0 Å². The van der Waals surface area contributed by atoms with Crippen LogP contribution in [0.3, 0.4) is 0 Å². The lowest BCUT2D eigenvalue weighted by atomic mass is 10.2. The van der Waals surface area contributed by atoms with Gasteiger partial charge < -0.3 is 0 Å². The fourth-order valence-electron chi connectivity index (χ4n) is 1.69. The average molecular weight is 335 g/mol. The van der Waals surface area contributed by atoms with E-state index in [2.05, 4.69) is 20.5 Å². The van der Waals surface area contributed by atoms with Crippen molar-refractivity contribution in [2.24, 2.45) is 5.10 Å². The van der Waals surface area contributed by atoms with E-state index in [1.165, 1.54) is 11.8 Å². The Morgan fingerprint density at radius 2 is 2.05 bits per heavy atom. The van der Waals surface area contributed by atoms with Gasteiger partial charge in [-0.05, 0) is 37.6 Å². The number of hydrogen-bond acceptors (Lipinski definition) is 5. The highest BCUT2D eigenvalue weighted by molar-refractivity contribution is 7.99. The molecule has 0 saturated carbocycles.